The smallest absolute Gasteiger partial charge is 0.256 e. The van der Waals surface area contributed by atoms with Gasteiger partial charge in [-0.05, 0) is 42.3 Å². The number of benzene rings is 2. The number of carbonyl (C=O) groups is 2. The van der Waals surface area contributed by atoms with Crippen LogP contribution in [0.4, 0.5) is 11.4 Å². The van der Waals surface area contributed by atoms with Crippen LogP contribution in [0.25, 0.3) is 0 Å². The van der Waals surface area contributed by atoms with Crippen LogP contribution in [0.2, 0.25) is 5.02 Å². The first kappa shape index (κ1) is 15.6. The molecule has 1 N–H and O–H groups in total. The van der Waals surface area contributed by atoms with E-state index >= 15 is 0 Å². The molecule has 1 unspecified atom stereocenters. The molecule has 3 rings (SSSR count). The van der Waals surface area contributed by atoms with Gasteiger partial charge in [0.05, 0.1) is 12.1 Å². The van der Waals surface area contributed by atoms with E-state index in [0.717, 1.165) is 17.7 Å². The van der Waals surface area contributed by atoms with E-state index in [2.05, 4.69) is 12.2 Å². The molecule has 118 valence electrons. The molecule has 23 heavy (non-hydrogen) atoms. The summed E-state index contributed by atoms with van der Waals surface area (Å²) < 4.78 is 0. The van der Waals surface area contributed by atoms with Crippen molar-refractivity contribution < 1.29 is 9.59 Å². The van der Waals surface area contributed by atoms with E-state index in [-0.39, 0.29) is 18.2 Å². The molecule has 2 aromatic carbocycles. The lowest BCUT2D eigenvalue weighted by molar-refractivity contribution is -0.121. The van der Waals surface area contributed by atoms with Gasteiger partial charge >= 0.3 is 0 Å². The molecule has 4 nitrogen and oxygen atoms in total. The van der Waals surface area contributed by atoms with Gasteiger partial charge < -0.3 is 5.32 Å². The number of nitrogens with zero attached hydrogens (tertiary/aromatic N) is 1. The van der Waals surface area contributed by atoms with E-state index in [4.69, 9.17) is 11.6 Å². The van der Waals surface area contributed by atoms with Crippen LogP contribution in [-0.2, 0) is 16.0 Å². The fraction of sp³-hybridized carbons (Fsp3) is 0.222. The third kappa shape index (κ3) is 3.08. The maximum atomic E-state index is 12.6. The summed E-state index contributed by atoms with van der Waals surface area (Å²) in [4.78, 5) is 26.1. The van der Waals surface area contributed by atoms with Crippen molar-refractivity contribution >= 4 is 34.8 Å². The number of aryl methyl sites for hydroxylation is 1. The second-order valence-electron chi connectivity index (χ2n) is 5.46. The third-order valence-electron chi connectivity index (χ3n) is 3.96. The SMILES string of the molecule is CCc1ccccc1NC1CC(=O)N(c2ccc(Cl)cc2)C1=O. The van der Waals surface area contributed by atoms with Crippen molar-refractivity contribution in [3.05, 3.63) is 59.1 Å². The molecule has 2 aromatic rings. The Morgan fingerprint density at radius 1 is 1.13 bits per heavy atom. The summed E-state index contributed by atoms with van der Waals surface area (Å²) in [5.74, 6) is -0.438. The van der Waals surface area contributed by atoms with Gasteiger partial charge in [-0.3, -0.25) is 9.59 Å². The molecule has 1 heterocycles. The Morgan fingerprint density at radius 2 is 1.83 bits per heavy atom. The van der Waals surface area contributed by atoms with Gasteiger partial charge in [-0.1, -0.05) is 36.7 Å². The minimum Gasteiger partial charge on any atom is -0.373 e. The lowest BCUT2D eigenvalue weighted by Gasteiger charge is -2.17. The Labute approximate surface area is 140 Å². The van der Waals surface area contributed by atoms with Crippen molar-refractivity contribution in [2.24, 2.45) is 0 Å². The summed E-state index contributed by atoms with van der Waals surface area (Å²) in [7, 11) is 0. The van der Waals surface area contributed by atoms with Crippen molar-refractivity contribution in [2.45, 2.75) is 25.8 Å². The summed E-state index contributed by atoms with van der Waals surface area (Å²) in [6.07, 6.45) is 1.01. The van der Waals surface area contributed by atoms with Crippen molar-refractivity contribution in [3.8, 4) is 0 Å². The topological polar surface area (TPSA) is 49.4 Å². The first-order valence-corrected chi connectivity index (χ1v) is 7.94. The number of imide groups is 1. The van der Waals surface area contributed by atoms with E-state index in [1.807, 2.05) is 24.3 Å². The van der Waals surface area contributed by atoms with Crippen LogP contribution in [-0.4, -0.2) is 17.9 Å². The maximum Gasteiger partial charge on any atom is 0.256 e. The van der Waals surface area contributed by atoms with Crippen LogP contribution in [0.5, 0.6) is 0 Å². The molecule has 1 fully saturated rings. The standard InChI is InChI=1S/C18H17ClN2O2/c1-2-12-5-3-4-6-15(12)20-16-11-17(22)21(18(16)23)14-9-7-13(19)8-10-14/h3-10,16,20H,2,11H2,1H3. The maximum absolute atomic E-state index is 12.6. The second kappa shape index (κ2) is 6.42. The van der Waals surface area contributed by atoms with Crippen molar-refractivity contribution in [1.29, 1.82) is 0 Å². The van der Waals surface area contributed by atoms with Crippen molar-refractivity contribution in [1.82, 2.24) is 0 Å². The summed E-state index contributed by atoms with van der Waals surface area (Å²) in [5, 5.41) is 3.78. The zero-order chi connectivity index (χ0) is 16.4. The number of para-hydroxylation sites is 1. The Balaban J connectivity index is 1.82. The zero-order valence-electron chi connectivity index (χ0n) is 12.8. The molecule has 0 spiro atoms. The minimum atomic E-state index is -0.536. The van der Waals surface area contributed by atoms with E-state index < -0.39 is 6.04 Å². The molecule has 0 bridgehead atoms. The normalized spacial score (nSPS) is 17.7. The van der Waals surface area contributed by atoms with Gasteiger partial charge in [0, 0.05) is 10.7 Å². The van der Waals surface area contributed by atoms with Crippen molar-refractivity contribution in [2.75, 3.05) is 10.2 Å². The lowest BCUT2D eigenvalue weighted by atomic mass is 10.1. The zero-order valence-corrected chi connectivity index (χ0v) is 13.5. The molecule has 0 aromatic heterocycles. The molecule has 0 radical (unpaired) electrons. The summed E-state index contributed by atoms with van der Waals surface area (Å²) in [5.41, 5.74) is 2.58. The Kier molecular flexibility index (Phi) is 4.35. The highest BCUT2D eigenvalue weighted by Crippen LogP contribution is 2.27. The number of hydrogen-bond acceptors (Lipinski definition) is 3. The number of carbonyl (C=O) groups excluding carboxylic acids is 2. The second-order valence-corrected chi connectivity index (χ2v) is 5.89. The van der Waals surface area contributed by atoms with Gasteiger partial charge in [-0.2, -0.15) is 0 Å². The quantitative estimate of drug-likeness (QED) is 0.872. The van der Waals surface area contributed by atoms with Crippen molar-refractivity contribution in [3.63, 3.8) is 0 Å². The monoisotopic (exact) mass is 328 g/mol. The van der Waals surface area contributed by atoms with Gasteiger partial charge in [0.15, 0.2) is 0 Å². The van der Waals surface area contributed by atoms with E-state index in [1.165, 1.54) is 4.90 Å². The Hall–Kier alpha value is -2.33. The molecular weight excluding hydrogens is 312 g/mol. The highest BCUT2D eigenvalue weighted by atomic mass is 35.5. The van der Waals surface area contributed by atoms with E-state index in [0.29, 0.717) is 10.7 Å². The highest BCUT2D eigenvalue weighted by molar-refractivity contribution is 6.30. The average molecular weight is 329 g/mol. The fourth-order valence-corrected chi connectivity index (χ4v) is 2.89. The highest BCUT2D eigenvalue weighted by Gasteiger charge is 2.39. The van der Waals surface area contributed by atoms with E-state index in [9.17, 15) is 9.59 Å². The number of hydrogen-bond donors (Lipinski definition) is 1. The lowest BCUT2D eigenvalue weighted by Crippen LogP contribution is -2.34. The first-order chi connectivity index (χ1) is 11.1. The molecule has 1 atom stereocenters. The predicted octanol–water partition coefficient (Wildman–Crippen LogP) is 3.65. The van der Waals surface area contributed by atoms with Gasteiger partial charge in [-0.25, -0.2) is 4.90 Å². The largest absolute Gasteiger partial charge is 0.373 e. The summed E-state index contributed by atoms with van der Waals surface area (Å²) in [6.45, 7) is 2.06. The number of anilines is 2. The van der Waals surface area contributed by atoms with Crippen LogP contribution in [0.15, 0.2) is 48.5 Å². The summed E-state index contributed by atoms with van der Waals surface area (Å²) in [6, 6.07) is 14.0. The predicted molar refractivity (Wildman–Crippen MR) is 91.8 cm³/mol. The molecule has 5 heteroatoms. The Morgan fingerprint density at radius 3 is 2.52 bits per heavy atom. The van der Waals surface area contributed by atoms with Crippen LogP contribution in [0.1, 0.15) is 18.9 Å². The third-order valence-corrected chi connectivity index (χ3v) is 4.21. The van der Waals surface area contributed by atoms with Gasteiger partial charge in [0.1, 0.15) is 6.04 Å². The fourth-order valence-electron chi connectivity index (χ4n) is 2.76. The van der Waals surface area contributed by atoms with Gasteiger partial charge in [0.25, 0.3) is 5.91 Å². The minimum absolute atomic E-state index is 0.152. The number of nitrogens with one attached hydrogen (secondary N) is 1. The van der Waals surface area contributed by atoms with Gasteiger partial charge in [-0.15, -0.1) is 0 Å². The molecule has 0 saturated carbocycles. The first-order valence-electron chi connectivity index (χ1n) is 7.57. The molecule has 1 saturated heterocycles. The average Bonchev–Trinajstić information content (AvgIpc) is 2.83. The number of amides is 2. The molecule has 1 aliphatic rings. The van der Waals surface area contributed by atoms with Crippen LogP contribution in [0, 0.1) is 0 Å². The van der Waals surface area contributed by atoms with Gasteiger partial charge in [0.2, 0.25) is 5.91 Å². The molecule has 0 aliphatic carbocycles. The molecule has 2 amide bonds. The summed E-state index contributed by atoms with van der Waals surface area (Å²) >= 11 is 5.86. The number of halogens is 1. The van der Waals surface area contributed by atoms with Crippen LogP contribution < -0.4 is 10.2 Å². The van der Waals surface area contributed by atoms with E-state index in [1.54, 1.807) is 24.3 Å². The number of rotatable bonds is 4. The van der Waals surface area contributed by atoms with Crippen LogP contribution in [0.3, 0.4) is 0 Å². The molecular formula is C18H17ClN2O2. The molecule has 1 aliphatic heterocycles. The van der Waals surface area contributed by atoms with Crippen LogP contribution >= 0.6 is 11.6 Å². The Bertz CT molecular complexity index is 743.